The van der Waals surface area contributed by atoms with Crippen LogP contribution in [0.25, 0.3) is 0 Å². The Hall–Kier alpha value is -0.0800. The van der Waals surface area contributed by atoms with Gasteiger partial charge < -0.3 is 10.1 Å². The fourth-order valence-electron chi connectivity index (χ4n) is 3.06. The van der Waals surface area contributed by atoms with Crippen LogP contribution in [0.15, 0.2) is 0 Å². The van der Waals surface area contributed by atoms with Gasteiger partial charge in [0.15, 0.2) is 0 Å². The Labute approximate surface area is 107 Å². The highest BCUT2D eigenvalue weighted by atomic mass is 16.5. The summed E-state index contributed by atoms with van der Waals surface area (Å²) in [5, 5.41) is 3.67. The molecule has 1 aliphatic carbocycles. The third kappa shape index (κ3) is 4.26. The molecule has 2 fully saturated rings. The molecule has 1 N–H and O–H groups in total. The molecule has 1 aliphatic heterocycles. The van der Waals surface area contributed by atoms with Crippen molar-refractivity contribution in [3.8, 4) is 0 Å². The third-order valence-corrected chi connectivity index (χ3v) is 4.45. The van der Waals surface area contributed by atoms with E-state index in [1.807, 2.05) is 0 Å². The summed E-state index contributed by atoms with van der Waals surface area (Å²) in [6.07, 6.45) is 6.97. The lowest BCUT2D eigenvalue weighted by Crippen LogP contribution is -2.44. The average Bonchev–Trinajstić information content (AvgIpc) is 2.24. The monoisotopic (exact) mass is 239 g/mol. The van der Waals surface area contributed by atoms with Gasteiger partial charge in [0.05, 0.1) is 0 Å². The fraction of sp³-hybridized carbons (Fsp3) is 1.00. The summed E-state index contributed by atoms with van der Waals surface area (Å²) in [5.74, 6) is 2.89. The summed E-state index contributed by atoms with van der Waals surface area (Å²) < 4.78 is 5.44. The summed E-state index contributed by atoms with van der Waals surface area (Å²) in [5.41, 5.74) is 0.277. The van der Waals surface area contributed by atoms with Gasteiger partial charge in [-0.05, 0) is 77.2 Å². The van der Waals surface area contributed by atoms with E-state index in [0.29, 0.717) is 0 Å². The molecule has 17 heavy (non-hydrogen) atoms. The maximum absolute atomic E-state index is 5.44. The van der Waals surface area contributed by atoms with Crippen LogP contribution in [0.4, 0.5) is 0 Å². The topological polar surface area (TPSA) is 21.3 Å². The SMILES string of the molecule is CC(C)(C)NCC1CCC1CC1CCOCC1. The van der Waals surface area contributed by atoms with E-state index >= 15 is 0 Å². The highest BCUT2D eigenvalue weighted by Gasteiger charge is 2.33. The second-order valence-corrected chi connectivity index (χ2v) is 7.02. The van der Waals surface area contributed by atoms with Gasteiger partial charge in [-0.1, -0.05) is 0 Å². The number of rotatable bonds is 4. The van der Waals surface area contributed by atoms with E-state index in [4.69, 9.17) is 4.74 Å². The number of ether oxygens (including phenoxy) is 1. The van der Waals surface area contributed by atoms with E-state index in [9.17, 15) is 0 Å². The van der Waals surface area contributed by atoms with Gasteiger partial charge in [-0.25, -0.2) is 0 Å². The van der Waals surface area contributed by atoms with Crippen molar-refractivity contribution in [3.63, 3.8) is 0 Å². The van der Waals surface area contributed by atoms with Crippen LogP contribution in [-0.4, -0.2) is 25.3 Å². The molecule has 100 valence electrons. The van der Waals surface area contributed by atoms with E-state index < -0.39 is 0 Å². The van der Waals surface area contributed by atoms with Gasteiger partial charge >= 0.3 is 0 Å². The lowest BCUT2D eigenvalue weighted by atomic mass is 9.68. The van der Waals surface area contributed by atoms with Crippen LogP contribution >= 0.6 is 0 Å². The van der Waals surface area contributed by atoms with E-state index in [1.54, 1.807) is 0 Å². The van der Waals surface area contributed by atoms with E-state index in [0.717, 1.165) is 31.0 Å². The third-order valence-electron chi connectivity index (χ3n) is 4.45. The van der Waals surface area contributed by atoms with Crippen molar-refractivity contribution in [1.82, 2.24) is 5.32 Å². The van der Waals surface area contributed by atoms with Crippen LogP contribution in [-0.2, 0) is 4.74 Å². The molecular formula is C15H29NO. The average molecular weight is 239 g/mol. The molecular weight excluding hydrogens is 210 g/mol. The van der Waals surface area contributed by atoms with Crippen molar-refractivity contribution >= 4 is 0 Å². The largest absolute Gasteiger partial charge is 0.381 e. The molecule has 0 bridgehead atoms. The van der Waals surface area contributed by atoms with Gasteiger partial charge in [0.1, 0.15) is 0 Å². The summed E-state index contributed by atoms with van der Waals surface area (Å²) in [7, 11) is 0. The van der Waals surface area contributed by atoms with Gasteiger partial charge in [-0.2, -0.15) is 0 Å². The van der Waals surface area contributed by atoms with E-state index in [1.165, 1.54) is 38.6 Å². The van der Waals surface area contributed by atoms with Crippen LogP contribution in [0, 0.1) is 17.8 Å². The zero-order chi connectivity index (χ0) is 12.3. The number of hydrogen-bond acceptors (Lipinski definition) is 2. The van der Waals surface area contributed by atoms with Gasteiger partial charge in [-0.3, -0.25) is 0 Å². The van der Waals surface area contributed by atoms with Gasteiger partial charge in [0, 0.05) is 18.8 Å². The Balaban J connectivity index is 1.67. The first-order valence-electron chi connectivity index (χ1n) is 7.37. The van der Waals surface area contributed by atoms with E-state index in [-0.39, 0.29) is 5.54 Å². The molecule has 0 radical (unpaired) electrons. The van der Waals surface area contributed by atoms with Crippen LogP contribution < -0.4 is 5.32 Å². The fourth-order valence-corrected chi connectivity index (χ4v) is 3.06. The Morgan fingerprint density at radius 1 is 1.00 bits per heavy atom. The lowest BCUT2D eigenvalue weighted by Gasteiger charge is -2.41. The molecule has 1 saturated heterocycles. The molecule has 0 aromatic carbocycles. The van der Waals surface area contributed by atoms with Crippen molar-refractivity contribution in [2.24, 2.45) is 17.8 Å². The van der Waals surface area contributed by atoms with Crippen molar-refractivity contribution in [2.75, 3.05) is 19.8 Å². The minimum Gasteiger partial charge on any atom is -0.381 e. The summed E-state index contributed by atoms with van der Waals surface area (Å²) >= 11 is 0. The normalized spacial score (nSPS) is 31.2. The van der Waals surface area contributed by atoms with Crippen molar-refractivity contribution in [2.45, 2.75) is 58.4 Å². The van der Waals surface area contributed by atoms with Crippen LogP contribution in [0.2, 0.25) is 0 Å². The summed E-state index contributed by atoms with van der Waals surface area (Å²) in [6.45, 7) is 10.0. The first kappa shape index (κ1) is 13.4. The molecule has 2 heteroatoms. The molecule has 2 nitrogen and oxygen atoms in total. The van der Waals surface area contributed by atoms with Gasteiger partial charge in [0.2, 0.25) is 0 Å². The molecule has 0 aromatic rings. The van der Waals surface area contributed by atoms with Crippen molar-refractivity contribution < 1.29 is 4.74 Å². The Kier molecular flexibility index (Phi) is 4.48. The molecule has 2 rings (SSSR count). The highest BCUT2D eigenvalue weighted by molar-refractivity contribution is 4.86. The van der Waals surface area contributed by atoms with Crippen LogP contribution in [0.3, 0.4) is 0 Å². The molecule has 0 aromatic heterocycles. The maximum atomic E-state index is 5.44. The highest BCUT2D eigenvalue weighted by Crippen LogP contribution is 2.40. The first-order valence-corrected chi connectivity index (χ1v) is 7.37. The zero-order valence-corrected chi connectivity index (χ0v) is 11.8. The smallest absolute Gasteiger partial charge is 0.0468 e. The molecule has 2 aliphatic rings. The molecule has 1 saturated carbocycles. The standard InChI is InChI=1S/C15H29NO/c1-15(2,3)16-11-14-5-4-13(14)10-12-6-8-17-9-7-12/h12-14,16H,4-11H2,1-3H3. The quantitative estimate of drug-likeness (QED) is 0.813. The molecule has 1 heterocycles. The zero-order valence-electron chi connectivity index (χ0n) is 11.8. The molecule has 0 spiro atoms. The van der Waals surface area contributed by atoms with Crippen molar-refractivity contribution in [3.05, 3.63) is 0 Å². The second kappa shape index (κ2) is 5.71. The second-order valence-electron chi connectivity index (χ2n) is 7.02. The van der Waals surface area contributed by atoms with E-state index in [2.05, 4.69) is 26.1 Å². The first-order chi connectivity index (χ1) is 8.04. The van der Waals surface area contributed by atoms with Crippen LogP contribution in [0.5, 0.6) is 0 Å². The van der Waals surface area contributed by atoms with Gasteiger partial charge in [-0.15, -0.1) is 0 Å². The Bertz CT molecular complexity index is 228. The lowest BCUT2D eigenvalue weighted by molar-refractivity contribution is 0.0409. The predicted octanol–water partition coefficient (Wildman–Crippen LogP) is 3.22. The van der Waals surface area contributed by atoms with Crippen molar-refractivity contribution in [1.29, 1.82) is 0 Å². The minimum absolute atomic E-state index is 0.277. The molecule has 2 atom stereocenters. The molecule has 2 unspecified atom stereocenters. The summed E-state index contributed by atoms with van der Waals surface area (Å²) in [6, 6.07) is 0. The molecule has 0 amide bonds. The predicted molar refractivity (Wildman–Crippen MR) is 72.1 cm³/mol. The van der Waals surface area contributed by atoms with Crippen LogP contribution in [0.1, 0.15) is 52.9 Å². The number of nitrogens with one attached hydrogen (secondary N) is 1. The van der Waals surface area contributed by atoms with Gasteiger partial charge in [0.25, 0.3) is 0 Å². The maximum Gasteiger partial charge on any atom is 0.0468 e. The minimum atomic E-state index is 0.277. The summed E-state index contributed by atoms with van der Waals surface area (Å²) in [4.78, 5) is 0. The Morgan fingerprint density at radius 3 is 2.18 bits per heavy atom. The Morgan fingerprint density at radius 2 is 1.65 bits per heavy atom. The number of hydrogen-bond donors (Lipinski definition) is 1.